The van der Waals surface area contributed by atoms with Gasteiger partial charge in [-0.1, -0.05) is 13.8 Å². The molecule has 0 saturated carbocycles. The molecule has 0 aliphatic carbocycles. The quantitative estimate of drug-likeness (QED) is 0.636. The number of nitrogens with one attached hydrogen (secondary N) is 1. The van der Waals surface area contributed by atoms with Gasteiger partial charge in [0.05, 0.1) is 20.3 Å². The molecular weight excluding hydrogens is 266 g/mol. The van der Waals surface area contributed by atoms with E-state index in [1.54, 1.807) is 14.2 Å². The minimum atomic E-state index is 0.703. The van der Waals surface area contributed by atoms with Crippen LogP contribution in [0.5, 0.6) is 11.5 Å². The maximum absolute atomic E-state index is 5.92. The van der Waals surface area contributed by atoms with Crippen LogP contribution >= 0.6 is 0 Å². The summed E-state index contributed by atoms with van der Waals surface area (Å²) in [4.78, 5) is 0. The Bertz CT molecular complexity index is 394. The van der Waals surface area contributed by atoms with Gasteiger partial charge in [-0.25, -0.2) is 0 Å². The monoisotopic (exact) mass is 295 g/mol. The Hall–Kier alpha value is -1.26. The van der Waals surface area contributed by atoms with Crippen LogP contribution in [0.1, 0.15) is 32.3 Å². The first kappa shape index (κ1) is 17.8. The zero-order valence-electron chi connectivity index (χ0n) is 13.8. The first-order chi connectivity index (χ1) is 10.2. The summed E-state index contributed by atoms with van der Waals surface area (Å²) in [6.07, 6.45) is 2.28. The molecule has 0 radical (unpaired) electrons. The topological polar surface area (TPSA) is 39.7 Å². The minimum Gasteiger partial charge on any atom is -0.497 e. The Morgan fingerprint density at radius 3 is 2.62 bits per heavy atom. The van der Waals surface area contributed by atoms with Gasteiger partial charge in [-0.15, -0.1) is 0 Å². The second-order valence-electron chi connectivity index (χ2n) is 5.53. The first-order valence-corrected chi connectivity index (χ1v) is 7.66. The highest BCUT2D eigenvalue weighted by atomic mass is 16.5. The molecule has 1 N–H and O–H groups in total. The van der Waals surface area contributed by atoms with Gasteiger partial charge < -0.3 is 19.5 Å². The fourth-order valence-corrected chi connectivity index (χ4v) is 2.03. The summed E-state index contributed by atoms with van der Waals surface area (Å²) in [7, 11) is 3.39. The van der Waals surface area contributed by atoms with Gasteiger partial charge in [-0.05, 0) is 37.0 Å². The predicted octanol–water partition coefficient (Wildman–Crippen LogP) is 3.25. The summed E-state index contributed by atoms with van der Waals surface area (Å²) in [6.45, 7) is 7.50. The molecular formula is C17H29NO3. The summed E-state index contributed by atoms with van der Waals surface area (Å²) < 4.78 is 16.2. The van der Waals surface area contributed by atoms with E-state index in [0.717, 1.165) is 49.1 Å². The van der Waals surface area contributed by atoms with E-state index in [2.05, 4.69) is 19.2 Å². The van der Waals surface area contributed by atoms with Crippen molar-refractivity contribution < 1.29 is 14.2 Å². The van der Waals surface area contributed by atoms with Crippen LogP contribution < -0.4 is 14.8 Å². The Balaban J connectivity index is 2.54. The molecule has 0 atom stereocenters. The van der Waals surface area contributed by atoms with Crippen LogP contribution in [0.3, 0.4) is 0 Å². The minimum absolute atomic E-state index is 0.703. The smallest absolute Gasteiger partial charge is 0.124 e. The van der Waals surface area contributed by atoms with E-state index in [9.17, 15) is 0 Å². The molecule has 0 saturated heterocycles. The van der Waals surface area contributed by atoms with E-state index in [4.69, 9.17) is 14.2 Å². The Morgan fingerprint density at radius 2 is 1.95 bits per heavy atom. The van der Waals surface area contributed by atoms with Crippen LogP contribution in [0, 0.1) is 5.92 Å². The SMILES string of the molecule is COCCNCc1cc(OC)ccc1OCCCC(C)C. The average molecular weight is 295 g/mol. The molecule has 0 heterocycles. The van der Waals surface area contributed by atoms with E-state index in [-0.39, 0.29) is 0 Å². The van der Waals surface area contributed by atoms with Crippen molar-refractivity contribution in [1.82, 2.24) is 5.32 Å². The van der Waals surface area contributed by atoms with Gasteiger partial charge in [0.15, 0.2) is 0 Å². The van der Waals surface area contributed by atoms with Crippen molar-refractivity contribution in [3.8, 4) is 11.5 Å². The first-order valence-electron chi connectivity index (χ1n) is 7.66. The molecule has 0 fully saturated rings. The molecule has 1 rings (SSSR count). The van der Waals surface area contributed by atoms with Gasteiger partial charge in [0.1, 0.15) is 11.5 Å². The van der Waals surface area contributed by atoms with Crippen molar-refractivity contribution in [2.45, 2.75) is 33.2 Å². The lowest BCUT2D eigenvalue weighted by molar-refractivity contribution is 0.199. The molecule has 0 aliphatic heterocycles. The summed E-state index contributed by atoms with van der Waals surface area (Å²) in [6, 6.07) is 5.95. The third kappa shape index (κ3) is 7.34. The molecule has 0 aliphatic rings. The molecule has 0 unspecified atom stereocenters. The Kier molecular flexibility index (Phi) is 8.87. The molecule has 0 aromatic heterocycles. The molecule has 1 aromatic rings. The van der Waals surface area contributed by atoms with Crippen molar-refractivity contribution in [3.05, 3.63) is 23.8 Å². The van der Waals surface area contributed by atoms with Crippen LogP contribution in [-0.2, 0) is 11.3 Å². The number of benzene rings is 1. The van der Waals surface area contributed by atoms with Crippen LogP contribution in [0.4, 0.5) is 0 Å². The van der Waals surface area contributed by atoms with E-state index < -0.39 is 0 Å². The zero-order chi connectivity index (χ0) is 15.5. The number of methoxy groups -OCH3 is 2. The van der Waals surface area contributed by atoms with Gasteiger partial charge in [0.25, 0.3) is 0 Å². The maximum Gasteiger partial charge on any atom is 0.124 e. The molecule has 1 aromatic carbocycles. The Morgan fingerprint density at radius 1 is 1.14 bits per heavy atom. The lowest BCUT2D eigenvalue weighted by Crippen LogP contribution is -2.19. The van der Waals surface area contributed by atoms with Crippen molar-refractivity contribution >= 4 is 0 Å². The largest absolute Gasteiger partial charge is 0.497 e. The highest BCUT2D eigenvalue weighted by molar-refractivity contribution is 5.40. The third-order valence-electron chi connectivity index (χ3n) is 3.25. The zero-order valence-corrected chi connectivity index (χ0v) is 13.8. The highest BCUT2D eigenvalue weighted by Gasteiger charge is 2.06. The van der Waals surface area contributed by atoms with E-state index >= 15 is 0 Å². The number of hydrogen-bond donors (Lipinski definition) is 1. The second kappa shape index (κ2) is 10.5. The lowest BCUT2D eigenvalue weighted by Gasteiger charge is -2.14. The molecule has 0 amide bonds. The molecule has 0 bridgehead atoms. The van der Waals surface area contributed by atoms with Gasteiger partial charge in [0.2, 0.25) is 0 Å². The highest BCUT2D eigenvalue weighted by Crippen LogP contribution is 2.24. The Labute approximate surface area is 128 Å². The number of hydrogen-bond acceptors (Lipinski definition) is 4. The lowest BCUT2D eigenvalue weighted by atomic mass is 10.1. The van der Waals surface area contributed by atoms with Gasteiger partial charge in [0, 0.05) is 25.8 Å². The average Bonchev–Trinajstić information content (AvgIpc) is 2.48. The predicted molar refractivity (Wildman–Crippen MR) is 86.1 cm³/mol. The fourth-order valence-electron chi connectivity index (χ4n) is 2.03. The van der Waals surface area contributed by atoms with Crippen molar-refractivity contribution in [2.75, 3.05) is 34.0 Å². The summed E-state index contributed by atoms with van der Waals surface area (Å²) >= 11 is 0. The van der Waals surface area contributed by atoms with Crippen molar-refractivity contribution in [3.63, 3.8) is 0 Å². The van der Waals surface area contributed by atoms with E-state index in [1.165, 1.54) is 6.42 Å². The van der Waals surface area contributed by atoms with E-state index in [1.807, 2.05) is 18.2 Å². The van der Waals surface area contributed by atoms with Gasteiger partial charge in [-0.3, -0.25) is 0 Å². The van der Waals surface area contributed by atoms with Gasteiger partial charge >= 0.3 is 0 Å². The number of ether oxygens (including phenoxy) is 3. The maximum atomic E-state index is 5.92. The molecule has 0 spiro atoms. The summed E-state index contributed by atoms with van der Waals surface area (Å²) in [5.41, 5.74) is 1.12. The third-order valence-corrected chi connectivity index (χ3v) is 3.25. The van der Waals surface area contributed by atoms with Crippen molar-refractivity contribution in [2.24, 2.45) is 5.92 Å². The standard InChI is InChI=1S/C17H29NO3/c1-14(2)6-5-10-21-17-8-7-16(20-4)12-15(17)13-18-9-11-19-3/h7-8,12,14,18H,5-6,9-11,13H2,1-4H3. The van der Waals surface area contributed by atoms with Crippen LogP contribution in [-0.4, -0.2) is 34.0 Å². The summed E-state index contributed by atoms with van der Waals surface area (Å²) in [5.74, 6) is 2.51. The molecule has 120 valence electrons. The van der Waals surface area contributed by atoms with Gasteiger partial charge in [-0.2, -0.15) is 0 Å². The molecule has 4 heteroatoms. The van der Waals surface area contributed by atoms with Crippen LogP contribution in [0.25, 0.3) is 0 Å². The fraction of sp³-hybridized carbons (Fsp3) is 0.647. The van der Waals surface area contributed by atoms with Crippen LogP contribution in [0.2, 0.25) is 0 Å². The normalized spacial score (nSPS) is 10.9. The van der Waals surface area contributed by atoms with Crippen LogP contribution in [0.15, 0.2) is 18.2 Å². The second-order valence-corrected chi connectivity index (χ2v) is 5.53. The molecule has 21 heavy (non-hydrogen) atoms. The van der Waals surface area contributed by atoms with E-state index in [0.29, 0.717) is 6.61 Å². The summed E-state index contributed by atoms with van der Waals surface area (Å²) in [5, 5.41) is 3.34. The number of rotatable bonds is 11. The van der Waals surface area contributed by atoms with Crippen molar-refractivity contribution in [1.29, 1.82) is 0 Å². The molecule has 4 nitrogen and oxygen atoms in total.